The number of esters is 3. The van der Waals surface area contributed by atoms with E-state index in [9.17, 15) is 14.4 Å². The third kappa shape index (κ3) is 17.5. The number of carbonyl (C=O) groups is 3. The highest BCUT2D eigenvalue weighted by molar-refractivity contribution is 6.76. The lowest BCUT2D eigenvalue weighted by atomic mass is 9.82. The average molecular weight is 1250 g/mol. The Morgan fingerprint density at radius 2 is 0.683 bits per heavy atom. The summed E-state index contributed by atoms with van der Waals surface area (Å²) in [6.07, 6.45) is -22.2. The minimum Gasteiger partial charge on any atom is -0.469 e. The number of methoxy groups -OCH3 is 3. The van der Waals surface area contributed by atoms with Crippen LogP contribution in [0.3, 0.4) is 0 Å². The van der Waals surface area contributed by atoms with E-state index in [2.05, 4.69) is 74.8 Å². The van der Waals surface area contributed by atoms with Gasteiger partial charge >= 0.3 is 43.6 Å². The Hall–Kier alpha value is -4.53. The van der Waals surface area contributed by atoms with Gasteiger partial charge in [-0.2, -0.15) is 40.4 Å². The van der Waals surface area contributed by atoms with E-state index in [-0.39, 0.29) is 53.1 Å². The zero-order valence-electron chi connectivity index (χ0n) is 49.1. The normalized spacial score (nSPS) is 16.4. The fourth-order valence-corrected chi connectivity index (χ4v) is 10.4. The lowest BCUT2D eigenvalue weighted by molar-refractivity contribution is -0.359. The number of hydrogen-bond donors (Lipinski definition) is 0. The van der Waals surface area contributed by atoms with E-state index in [0.29, 0.717) is 39.5 Å². The molecule has 3 aromatic heterocycles. The molecule has 0 bridgehead atoms. The van der Waals surface area contributed by atoms with Crippen LogP contribution in [0.15, 0.2) is 0 Å². The molecular formula is C45H78BF9N12O12Si3. The predicted molar refractivity (Wildman–Crippen MR) is 279 cm³/mol. The van der Waals surface area contributed by atoms with Gasteiger partial charge in [-0.15, -0.1) is 15.3 Å². The second-order valence-electron chi connectivity index (χ2n) is 23.0. The van der Waals surface area contributed by atoms with Crippen molar-refractivity contribution in [2.45, 2.75) is 192 Å². The number of ether oxygens (including phenoxy) is 6. The standard InChI is InChI=1S/C45H78BF9N12O12Si3/c1-16-19-31(34(68)71-4)40(47,37-56-59-62-65(37)28-74-22-25-80(7,8)9)43(50,51)77-46(78-44(52,53)41(48,32(20-17-2)35(69)72-5)38-57-60-63-66(38)29-75-23-26-81(10,11)12)79-45(54,55)42(49,33(21-18-3)36(70)73-6)39-58-61-64-67(39)30-76-24-27-82(13,14)15/h31-33H,16-30H2,1-15H3/t31-,32-,33-,40-,41-,42-/m0/s1. The van der Waals surface area contributed by atoms with Crippen LogP contribution in [0, 0.1) is 17.8 Å². The van der Waals surface area contributed by atoms with Crippen LogP contribution in [0.25, 0.3) is 0 Å². The van der Waals surface area contributed by atoms with Crippen molar-refractivity contribution in [1.29, 1.82) is 0 Å². The number of tetrazole rings is 3. The van der Waals surface area contributed by atoms with Gasteiger partial charge in [0.25, 0.3) is 17.0 Å². The van der Waals surface area contributed by atoms with Gasteiger partial charge in [0.15, 0.2) is 0 Å². The first-order chi connectivity index (χ1) is 37.9. The third-order valence-corrected chi connectivity index (χ3v) is 17.9. The summed E-state index contributed by atoms with van der Waals surface area (Å²) < 4.78 is 208. The molecule has 0 aliphatic rings. The van der Waals surface area contributed by atoms with E-state index < -0.39 is 159 Å². The molecule has 0 aliphatic carbocycles. The Morgan fingerprint density at radius 1 is 0.451 bits per heavy atom. The Labute approximate surface area is 473 Å². The molecule has 0 N–H and O–H groups in total. The summed E-state index contributed by atoms with van der Waals surface area (Å²) >= 11 is 0. The lowest BCUT2D eigenvalue weighted by Gasteiger charge is -2.41. The molecule has 0 aromatic carbocycles. The van der Waals surface area contributed by atoms with Gasteiger partial charge in [-0.05, 0) is 68.7 Å². The van der Waals surface area contributed by atoms with E-state index in [1.165, 1.54) is 20.8 Å². The molecule has 0 aliphatic heterocycles. The summed E-state index contributed by atoms with van der Waals surface area (Å²) in [6.45, 7) is 18.5. The topological polar surface area (TPSA) is 265 Å². The van der Waals surface area contributed by atoms with Crippen molar-refractivity contribution in [3.8, 4) is 0 Å². The molecule has 0 saturated heterocycles. The largest absolute Gasteiger partial charge is 0.652 e. The highest BCUT2D eigenvalue weighted by atomic mass is 28.3. The molecule has 0 spiro atoms. The number of rotatable bonds is 39. The smallest absolute Gasteiger partial charge is 0.469 e. The van der Waals surface area contributed by atoms with E-state index in [1.807, 2.05) is 58.9 Å². The van der Waals surface area contributed by atoms with Gasteiger partial charge in [-0.25, -0.2) is 13.2 Å². The SMILES string of the molecule is CCC[C@@H](C(=O)OC)[C@](F)(c1nnnn1COCC[Si](C)(C)C)C(F)(F)OB(OC(F)(F)[C@@](F)(c1nnnn1COCC[Si](C)(C)C)[C@@H](CCC)C(=O)OC)OC(F)(F)[C@@](F)(c1nnnn1COCC[Si](C)(C)C)[C@@H](CCC)C(=O)OC. The van der Waals surface area contributed by atoms with E-state index in [0.717, 1.165) is 0 Å². The monoisotopic (exact) mass is 1240 g/mol. The van der Waals surface area contributed by atoms with Crippen molar-refractivity contribution in [1.82, 2.24) is 60.6 Å². The molecule has 0 fully saturated rings. The number of hydrogen-bond acceptors (Lipinski definition) is 21. The fourth-order valence-electron chi connectivity index (χ4n) is 8.13. The molecule has 0 unspecified atom stereocenters. The van der Waals surface area contributed by atoms with Gasteiger partial charge in [0, 0.05) is 44.0 Å². The van der Waals surface area contributed by atoms with Crippen molar-refractivity contribution >= 4 is 49.5 Å². The zero-order chi connectivity index (χ0) is 62.3. The van der Waals surface area contributed by atoms with Crippen LogP contribution in [0.2, 0.25) is 77.1 Å². The Morgan fingerprint density at radius 3 is 0.878 bits per heavy atom. The molecule has 24 nitrogen and oxygen atoms in total. The van der Waals surface area contributed by atoms with Crippen molar-refractivity contribution in [3.63, 3.8) is 0 Å². The number of alkyl halides is 9. The maximum absolute atomic E-state index is 18.6. The average Bonchev–Trinajstić information content (AvgIpc) is 3.96. The van der Waals surface area contributed by atoms with Gasteiger partial charge in [0.05, 0.1) is 21.3 Å². The van der Waals surface area contributed by atoms with Crippen molar-refractivity contribution in [2.75, 3.05) is 41.2 Å². The Balaban J connectivity index is 2.55. The highest BCUT2D eigenvalue weighted by Crippen LogP contribution is 2.55. The predicted octanol–water partition coefficient (Wildman–Crippen LogP) is 8.06. The van der Waals surface area contributed by atoms with Crippen LogP contribution < -0.4 is 0 Å². The zero-order valence-corrected chi connectivity index (χ0v) is 52.1. The molecule has 6 atom stereocenters. The number of carbonyl (C=O) groups excluding carboxylic acids is 3. The first-order valence-electron chi connectivity index (χ1n) is 26.4. The summed E-state index contributed by atoms with van der Waals surface area (Å²) in [5, 5.41) is 30.4. The minimum absolute atomic E-state index is 0.0720. The molecule has 0 saturated carbocycles. The van der Waals surface area contributed by atoms with Crippen LogP contribution in [0.5, 0.6) is 0 Å². The number of aromatic nitrogens is 12. The lowest BCUT2D eigenvalue weighted by Crippen LogP contribution is -2.62. The van der Waals surface area contributed by atoms with Crippen LogP contribution in [-0.2, 0) is 94.0 Å². The molecule has 82 heavy (non-hydrogen) atoms. The second-order valence-corrected chi connectivity index (χ2v) is 39.8. The molecule has 3 rings (SSSR count). The highest BCUT2D eigenvalue weighted by Gasteiger charge is 2.75. The van der Waals surface area contributed by atoms with Crippen molar-refractivity contribution in [2.24, 2.45) is 17.8 Å². The van der Waals surface area contributed by atoms with Gasteiger partial charge in [-0.3, -0.25) is 14.4 Å². The summed E-state index contributed by atoms with van der Waals surface area (Å²) in [4.78, 5) is 40.6. The van der Waals surface area contributed by atoms with Crippen LogP contribution >= 0.6 is 0 Å². The maximum Gasteiger partial charge on any atom is 0.652 e. The molecule has 3 aromatic rings. The molecule has 0 radical (unpaired) electrons. The number of halogens is 9. The van der Waals surface area contributed by atoms with Crippen LogP contribution in [-0.4, -0.2) is 170 Å². The van der Waals surface area contributed by atoms with E-state index >= 15 is 39.5 Å². The molecule has 37 heteroatoms. The maximum atomic E-state index is 18.6. The quantitative estimate of drug-likeness (QED) is 0.0172. The van der Waals surface area contributed by atoms with Crippen LogP contribution in [0.4, 0.5) is 39.5 Å². The fraction of sp³-hybridized carbons (Fsp3) is 0.867. The summed E-state index contributed by atoms with van der Waals surface area (Å²) in [5.74, 6) is -18.9. The first-order valence-corrected chi connectivity index (χ1v) is 37.6. The number of nitrogens with zero attached hydrogens (tertiary/aromatic N) is 12. The molecule has 0 amide bonds. The molecular weight excluding hydrogens is 1170 g/mol. The van der Waals surface area contributed by atoms with Crippen LogP contribution in [0.1, 0.15) is 76.8 Å². The van der Waals surface area contributed by atoms with E-state index in [4.69, 9.17) is 14.2 Å². The molecule has 3 heterocycles. The van der Waals surface area contributed by atoms with E-state index in [1.54, 1.807) is 0 Å². The first kappa shape index (κ1) is 71.7. The summed E-state index contributed by atoms with van der Waals surface area (Å²) in [5.41, 5.74) is -14.9. The second kappa shape index (κ2) is 29.5. The third-order valence-electron chi connectivity index (χ3n) is 12.8. The minimum atomic E-state index is -6.13. The summed E-state index contributed by atoms with van der Waals surface area (Å²) in [7, 11) is -8.33. The Bertz CT molecular complexity index is 2240. The Kier molecular flexibility index (Phi) is 25.8. The molecule has 468 valence electrons. The van der Waals surface area contributed by atoms with Gasteiger partial charge in [-0.1, -0.05) is 99.0 Å². The van der Waals surface area contributed by atoms with Crippen molar-refractivity contribution in [3.05, 3.63) is 17.5 Å². The van der Waals surface area contributed by atoms with Crippen molar-refractivity contribution < 1.29 is 96.3 Å². The van der Waals surface area contributed by atoms with Gasteiger partial charge in [0.1, 0.15) is 37.9 Å². The summed E-state index contributed by atoms with van der Waals surface area (Å²) in [6, 6.07) is 1.36. The van der Waals surface area contributed by atoms with Gasteiger partial charge < -0.3 is 42.4 Å². The van der Waals surface area contributed by atoms with Gasteiger partial charge in [0.2, 0.25) is 17.5 Å².